The van der Waals surface area contributed by atoms with Crippen LogP contribution in [0.3, 0.4) is 0 Å². The highest BCUT2D eigenvalue weighted by Gasteiger charge is 2.16. The Labute approximate surface area is 128 Å². The zero-order valence-corrected chi connectivity index (χ0v) is 13.8. The van der Waals surface area contributed by atoms with Crippen molar-refractivity contribution in [2.75, 3.05) is 6.54 Å². The normalized spacial score (nSPS) is 13.9. The minimum absolute atomic E-state index is 0.0548. The van der Waals surface area contributed by atoms with Gasteiger partial charge in [-0.2, -0.15) is 0 Å². The molecule has 1 amide bonds. The number of hydrogen-bond donors (Lipinski definition) is 2. The van der Waals surface area contributed by atoms with Gasteiger partial charge in [0.2, 0.25) is 0 Å². The highest BCUT2D eigenvalue weighted by Crippen LogP contribution is 2.22. The number of carbonyl (C=O) groups is 1. The lowest BCUT2D eigenvalue weighted by atomic mass is 10.0. The van der Waals surface area contributed by atoms with Crippen molar-refractivity contribution in [2.45, 2.75) is 53.2 Å². The van der Waals surface area contributed by atoms with E-state index in [0.29, 0.717) is 12.5 Å². The predicted octanol–water partition coefficient (Wildman–Crippen LogP) is 2.42. The van der Waals surface area contributed by atoms with Crippen molar-refractivity contribution in [3.8, 4) is 5.75 Å². The third kappa shape index (κ3) is 6.17. The summed E-state index contributed by atoms with van der Waals surface area (Å²) in [6.07, 6.45) is 0.218. The largest absolute Gasteiger partial charge is 0.481 e. The quantitative estimate of drug-likeness (QED) is 0.811. The molecule has 3 N–H and O–H groups in total. The Bertz CT molecular complexity index is 470. The van der Waals surface area contributed by atoms with E-state index in [-0.39, 0.29) is 11.9 Å². The van der Waals surface area contributed by atoms with E-state index in [0.717, 1.165) is 23.3 Å². The third-order valence-corrected chi connectivity index (χ3v) is 3.12. The molecule has 21 heavy (non-hydrogen) atoms. The number of hydrogen-bond acceptors (Lipinski definition) is 3. The van der Waals surface area contributed by atoms with Crippen LogP contribution in [-0.2, 0) is 11.2 Å². The minimum atomic E-state index is -0.515. The smallest absolute Gasteiger partial charge is 0.260 e. The number of aryl methyl sites for hydroxylation is 1. The van der Waals surface area contributed by atoms with Crippen LogP contribution in [0.2, 0.25) is 0 Å². The number of benzene rings is 1. The molecule has 1 rings (SSSR count). The van der Waals surface area contributed by atoms with Crippen molar-refractivity contribution < 1.29 is 9.53 Å². The molecule has 0 fully saturated rings. The SMILES string of the molecule is Cc1ccc(OC(C)C(=O)NCC(C)C)c(CC(C)N)c1. The molecule has 0 saturated heterocycles. The molecular weight excluding hydrogens is 264 g/mol. The third-order valence-electron chi connectivity index (χ3n) is 3.12. The first-order valence-electron chi connectivity index (χ1n) is 7.59. The monoisotopic (exact) mass is 292 g/mol. The van der Waals surface area contributed by atoms with Gasteiger partial charge in [-0.15, -0.1) is 0 Å². The van der Waals surface area contributed by atoms with Crippen LogP contribution in [0.15, 0.2) is 18.2 Å². The van der Waals surface area contributed by atoms with Gasteiger partial charge in [-0.25, -0.2) is 0 Å². The average Bonchev–Trinajstić information content (AvgIpc) is 2.38. The van der Waals surface area contributed by atoms with Crippen molar-refractivity contribution in [2.24, 2.45) is 11.7 Å². The van der Waals surface area contributed by atoms with Crippen molar-refractivity contribution in [1.82, 2.24) is 5.32 Å². The summed E-state index contributed by atoms with van der Waals surface area (Å²) in [4.78, 5) is 12.0. The van der Waals surface area contributed by atoms with Crippen LogP contribution in [0, 0.1) is 12.8 Å². The Hall–Kier alpha value is -1.55. The van der Waals surface area contributed by atoms with Gasteiger partial charge in [-0.3, -0.25) is 4.79 Å². The van der Waals surface area contributed by atoms with Gasteiger partial charge >= 0.3 is 0 Å². The number of carbonyl (C=O) groups excluding carboxylic acids is 1. The highest BCUT2D eigenvalue weighted by atomic mass is 16.5. The number of amides is 1. The Morgan fingerprint density at radius 3 is 2.52 bits per heavy atom. The van der Waals surface area contributed by atoms with E-state index in [4.69, 9.17) is 10.5 Å². The Morgan fingerprint density at radius 2 is 1.95 bits per heavy atom. The fourth-order valence-electron chi connectivity index (χ4n) is 2.02. The van der Waals surface area contributed by atoms with Gasteiger partial charge in [-0.05, 0) is 44.7 Å². The average molecular weight is 292 g/mol. The van der Waals surface area contributed by atoms with E-state index in [1.807, 2.05) is 26.0 Å². The lowest BCUT2D eigenvalue weighted by Gasteiger charge is -2.19. The lowest BCUT2D eigenvalue weighted by Crippen LogP contribution is -2.38. The molecule has 1 aromatic rings. The van der Waals surface area contributed by atoms with Crippen LogP contribution in [0.25, 0.3) is 0 Å². The molecule has 0 aliphatic rings. The minimum Gasteiger partial charge on any atom is -0.481 e. The molecule has 1 aromatic carbocycles. The number of nitrogens with one attached hydrogen (secondary N) is 1. The maximum Gasteiger partial charge on any atom is 0.260 e. The first-order chi connectivity index (χ1) is 9.79. The van der Waals surface area contributed by atoms with E-state index < -0.39 is 6.10 Å². The molecule has 4 heteroatoms. The molecule has 118 valence electrons. The van der Waals surface area contributed by atoms with Gasteiger partial charge in [0.05, 0.1) is 0 Å². The van der Waals surface area contributed by atoms with Gasteiger partial charge in [0.1, 0.15) is 5.75 Å². The molecule has 2 atom stereocenters. The Balaban J connectivity index is 2.74. The fraction of sp³-hybridized carbons (Fsp3) is 0.588. The van der Waals surface area contributed by atoms with E-state index >= 15 is 0 Å². The molecule has 0 heterocycles. The summed E-state index contributed by atoms with van der Waals surface area (Å²) in [5.41, 5.74) is 8.09. The Kier molecular flexibility index (Phi) is 6.69. The van der Waals surface area contributed by atoms with Crippen LogP contribution >= 0.6 is 0 Å². The van der Waals surface area contributed by atoms with Crippen molar-refractivity contribution >= 4 is 5.91 Å². The molecule has 0 aliphatic heterocycles. The van der Waals surface area contributed by atoms with Crippen LogP contribution in [0.5, 0.6) is 5.75 Å². The highest BCUT2D eigenvalue weighted by molar-refractivity contribution is 5.80. The van der Waals surface area contributed by atoms with Gasteiger partial charge in [-0.1, -0.05) is 31.5 Å². The molecular formula is C17H28N2O2. The van der Waals surface area contributed by atoms with E-state index in [1.165, 1.54) is 0 Å². The summed E-state index contributed by atoms with van der Waals surface area (Å²) in [6.45, 7) is 10.6. The topological polar surface area (TPSA) is 64.3 Å². The second-order valence-electron chi connectivity index (χ2n) is 6.19. The first-order valence-corrected chi connectivity index (χ1v) is 7.59. The summed E-state index contributed by atoms with van der Waals surface area (Å²) in [7, 11) is 0. The molecule has 0 aromatic heterocycles. The summed E-state index contributed by atoms with van der Waals surface area (Å²) < 4.78 is 5.83. The summed E-state index contributed by atoms with van der Waals surface area (Å²) >= 11 is 0. The Morgan fingerprint density at radius 1 is 1.29 bits per heavy atom. The summed E-state index contributed by atoms with van der Waals surface area (Å²) in [6, 6.07) is 6.02. The second-order valence-corrected chi connectivity index (χ2v) is 6.19. The first kappa shape index (κ1) is 17.5. The second kappa shape index (κ2) is 8.03. The van der Waals surface area contributed by atoms with E-state index in [9.17, 15) is 4.79 Å². The summed E-state index contributed by atoms with van der Waals surface area (Å²) in [5.74, 6) is 1.08. The summed E-state index contributed by atoms with van der Waals surface area (Å²) in [5, 5.41) is 2.89. The maximum absolute atomic E-state index is 12.0. The number of rotatable bonds is 7. The molecule has 4 nitrogen and oxygen atoms in total. The lowest BCUT2D eigenvalue weighted by molar-refractivity contribution is -0.127. The van der Waals surface area contributed by atoms with Gasteiger partial charge < -0.3 is 15.8 Å². The van der Waals surface area contributed by atoms with Crippen LogP contribution in [0.4, 0.5) is 0 Å². The number of nitrogens with two attached hydrogens (primary N) is 1. The molecule has 0 aliphatic carbocycles. The number of ether oxygens (including phenoxy) is 1. The van der Waals surface area contributed by atoms with Crippen LogP contribution < -0.4 is 15.8 Å². The van der Waals surface area contributed by atoms with E-state index in [2.05, 4.69) is 25.2 Å². The van der Waals surface area contributed by atoms with Crippen molar-refractivity contribution in [3.05, 3.63) is 29.3 Å². The van der Waals surface area contributed by atoms with Crippen LogP contribution in [-0.4, -0.2) is 24.6 Å². The molecule has 0 spiro atoms. The predicted molar refractivity (Wildman–Crippen MR) is 86.5 cm³/mol. The van der Waals surface area contributed by atoms with Gasteiger partial charge in [0, 0.05) is 12.6 Å². The fourth-order valence-corrected chi connectivity index (χ4v) is 2.02. The van der Waals surface area contributed by atoms with Crippen molar-refractivity contribution in [3.63, 3.8) is 0 Å². The van der Waals surface area contributed by atoms with Gasteiger partial charge in [0.25, 0.3) is 5.91 Å². The molecule has 2 unspecified atom stereocenters. The van der Waals surface area contributed by atoms with E-state index in [1.54, 1.807) is 6.92 Å². The molecule has 0 saturated carbocycles. The molecule has 0 bridgehead atoms. The zero-order valence-electron chi connectivity index (χ0n) is 13.8. The molecule has 0 radical (unpaired) electrons. The van der Waals surface area contributed by atoms with Gasteiger partial charge in [0.15, 0.2) is 6.10 Å². The standard InChI is InChI=1S/C17H28N2O2/c1-11(2)10-19-17(20)14(5)21-16-7-6-12(3)8-15(16)9-13(4)18/h6-8,11,13-14H,9-10,18H2,1-5H3,(H,19,20). The maximum atomic E-state index is 12.0. The van der Waals surface area contributed by atoms with Crippen molar-refractivity contribution in [1.29, 1.82) is 0 Å². The zero-order chi connectivity index (χ0) is 16.0. The van der Waals surface area contributed by atoms with Crippen LogP contribution in [0.1, 0.15) is 38.8 Å².